The van der Waals surface area contributed by atoms with E-state index in [1.165, 1.54) is 0 Å². The SMILES string of the molecule is CC(C)OC(=O)c1ccc(-c2ncccn2)cc1. The van der Waals surface area contributed by atoms with Crippen molar-refractivity contribution >= 4 is 5.97 Å². The highest BCUT2D eigenvalue weighted by Gasteiger charge is 2.09. The summed E-state index contributed by atoms with van der Waals surface area (Å²) in [6.07, 6.45) is 3.25. The molecule has 1 aromatic carbocycles. The molecule has 0 aliphatic heterocycles. The van der Waals surface area contributed by atoms with Crippen molar-refractivity contribution in [2.45, 2.75) is 20.0 Å². The highest BCUT2D eigenvalue weighted by Crippen LogP contribution is 2.15. The van der Waals surface area contributed by atoms with Crippen molar-refractivity contribution in [3.05, 3.63) is 48.3 Å². The lowest BCUT2D eigenvalue weighted by molar-refractivity contribution is 0.0378. The van der Waals surface area contributed by atoms with E-state index < -0.39 is 0 Å². The van der Waals surface area contributed by atoms with Crippen LogP contribution in [0.4, 0.5) is 0 Å². The number of ether oxygens (including phenoxy) is 1. The van der Waals surface area contributed by atoms with Crippen molar-refractivity contribution in [2.24, 2.45) is 0 Å². The van der Waals surface area contributed by atoms with Crippen LogP contribution in [0.5, 0.6) is 0 Å². The van der Waals surface area contributed by atoms with E-state index >= 15 is 0 Å². The second-order valence-corrected chi connectivity index (χ2v) is 4.10. The molecule has 0 unspecified atom stereocenters. The van der Waals surface area contributed by atoms with Crippen molar-refractivity contribution in [3.8, 4) is 11.4 Å². The monoisotopic (exact) mass is 242 g/mol. The zero-order chi connectivity index (χ0) is 13.0. The molecule has 4 heteroatoms. The Morgan fingerprint density at radius 1 is 1.11 bits per heavy atom. The van der Waals surface area contributed by atoms with Gasteiger partial charge in [-0.25, -0.2) is 14.8 Å². The molecule has 18 heavy (non-hydrogen) atoms. The van der Waals surface area contributed by atoms with Crippen molar-refractivity contribution < 1.29 is 9.53 Å². The molecule has 0 spiro atoms. The zero-order valence-electron chi connectivity index (χ0n) is 10.3. The molecular weight excluding hydrogens is 228 g/mol. The maximum Gasteiger partial charge on any atom is 0.338 e. The number of hydrogen-bond donors (Lipinski definition) is 0. The Kier molecular flexibility index (Phi) is 3.67. The summed E-state index contributed by atoms with van der Waals surface area (Å²) in [5.74, 6) is 0.326. The minimum absolute atomic E-state index is 0.116. The van der Waals surface area contributed by atoms with Gasteiger partial charge >= 0.3 is 5.97 Å². The van der Waals surface area contributed by atoms with E-state index in [0.717, 1.165) is 5.56 Å². The predicted molar refractivity (Wildman–Crippen MR) is 68.0 cm³/mol. The maximum absolute atomic E-state index is 11.6. The van der Waals surface area contributed by atoms with Crippen LogP contribution in [-0.2, 0) is 4.74 Å². The average molecular weight is 242 g/mol. The Labute approximate surface area is 106 Å². The van der Waals surface area contributed by atoms with Crippen LogP contribution in [-0.4, -0.2) is 22.0 Å². The number of esters is 1. The first-order valence-electron chi connectivity index (χ1n) is 5.75. The van der Waals surface area contributed by atoms with E-state index in [9.17, 15) is 4.79 Å². The van der Waals surface area contributed by atoms with Crippen molar-refractivity contribution in [1.29, 1.82) is 0 Å². The molecule has 0 bridgehead atoms. The van der Waals surface area contributed by atoms with Crippen LogP contribution in [0.15, 0.2) is 42.7 Å². The second kappa shape index (κ2) is 5.40. The smallest absolute Gasteiger partial charge is 0.338 e. The average Bonchev–Trinajstić information content (AvgIpc) is 2.39. The third-order valence-electron chi connectivity index (χ3n) is 2.29. The molecule has 0 aliphatic carbocycles. The van der Waals surface area contributed by atoms with Gasteiger partial charge in [-0.2, -0.15) is 0 Å². The van der Waals surface area contributed by atoms with E-state index in [0.29, 0.717) is 11.4 Å². The van der Waals surface area contributed by atoms with Crippen molar-refractivity contribution in [1.82, 2.24) is 9.97 Å². The largest absolute Gasteiger partial charge is 0.459 e. The lowest BCUT2D eigenvalue weighted by Gasteiger charge is -2.08. The molecule has 0 aliphatic rings. The van der Waals surface area contributed by atoms with Crippen LogP contribution in [0.1, 0.15) is 24.2 Å². The fourth-order valence-corrected chi connectivity index (χ4v) is 1.49. The van der Waals surface area contributed by atoms with Crippen molar-refractivity contribution in [3.63, 3.8) is 0 Å². The predicted octanol–water partition coefficient (Wildman–Crippen LogP) is 2.71. The van der Waals surface area contributed by atoms with Gasteiger partial charge in [-0.1, -0.05) is 12.1 Å². The fraction of sp³-hybridized carbons (Fsp3) is 0.214. The summed E-state index contributed by atoms with van der Waals surface area (Å²) in [6, 6.07) is 8.82. The third-order valence-corrected chi connectivity index (χ3v) is 2.29. The van der Waals surface area contributed by atoms with Crippen LogP contribution >= 0.6 is 0 Å². The normalized spacial score (nSPS) is 10.4. The van der Waals surface area contributed by atoms with Gasteiger partial charge in [-0.3, -0.25) is 0 Å². The van der Waals surface area contributed by atoms with Gasteiger partial charge in [-0.15, -0.1) is 0 Å². The number of rotatable bonds is 3. The first-order chi connectivity index (χ1) is 8.66. The van der Waals surface area contributed by atoms with Crippen LogP contribution in [0.2, 0.25) is 0 Å². The summed E-state index contributed by atoms with van der Waals surface area (Å²) >= 11 is 0. The molecule has 0 atom stereocenters. The van der Waals surface area contributed by atoms with Gasteiger partial charge < -0.3 is 4.74 Å². The summed E-state index contributed by atoms with van der Waals surface area (Å²) in [6.45, 7) is 3.65. The molecule has 4 nitrogen and oxygen atoms in total. The zero-order valence-corrected chi connectivity index (χ0v) is 10.3. The molecule has 0 N–H and O–H groups in total. The molecule has 0 amide bonds. The summed E-state index contributed by atoms with van der Waals surface area (Å²) in [5, 5.41) is 0. The maximum atomic E-state index is 11.6. The van der Waals surface area contributed by atoms with Crippen LogP contribution in [0.25, 0.3) is 11.4 Å². The minimum atomic E-state index is -0.314. The van der Waals surface area contributed by atoms with E-state index in [2.05, 4.69) is 9.97 Å². The second-order valence-electron chi connectivity index (χ2n) is 4.10. The van der Waals surface area contributed by atoms with Crippen molar-refractivity contribution in [2.75, 3.05) is 0 Å². The van der Waals surface area contributed by atoms with Crippen LogP contribution < -0.4 is 0 Å². The van der Waals surface area contributed by atoms with Gasteiger partial charge in [-0.05, 0) is 32.0 Å². The molecular formula is C14H14N2O2. The highest BCUT2D eigenvalue weighted by atomic mass is 16.5. The van der Waals surface area contributed by atoms with Crippen LogP contribution in [0, 0.1) is 0 Å². The first-order valence-corrected chi connectivity index (χ1v) is 5.75. The van der Waals surface area contributed by atoms with Gasteiger partial charge in [0.15, 0.2) is 5.82 Å². The summed E-state index contributed by atoms with van der Waals surface area (Å²) in [7, 11) is 0. The molecule has 92 valence electrons. The van der Waals surface area contributed by atoms with Crippen LogP contribution in [0.3, 0.4) is 0 Å². The van der Waals surface area contributed by atoms with Gasteiger partial charge in [0, 0.05) is 18.0 Å². The van der Waals surface area contributed by atoms with E-state index in [-0.39, 0.29) is 12.1 Å². The Balaban J connectivity index is 2.18. The number of carbonyl (C=O) groups excluding carboxylic acids is 1. The molecule has 2 aromatic rings. The molecule has 0 saturated heterocycles. The van der Waals surface area contributed by atoms with Gasteiger partial charge in [0.1, 0.15) is 0 Å². The number of aromatic nitrogens is 2. The lowest BCUT2D eigenvalue weighted by Crippen LogP contribution is -2.11. The molecule has 0 fully saturated rings. The van der Waals surface area contributed by atoms with Gasteiger partial charge in [0.2, 0.25) is 0 Å². The number of nitrogens with zero attached hydrogens (tertiary/aromatic N) is 2. The first kappa shape index (κ1) is 12.2. The number of benzene rings is 1. The molecule has 0 radical (unpaired) electrons. The summed E-state index contributed by atoms with van der Waals surface area (Å²) in [4.78, 5) is 19.9. The lowest BCUT2D eigenvalue weighted by atomic mass is 10.1. The number of carbonyl (C=O) groups is 1. The van der Waals surface area contributed by atoms with E-state index in [4.69, 9.17) is 4.74 Å². The topological polar surface area (TPSA) is 52.1 Å². The van der Waals surface area contributed by atoms with Gasteiger partial charge in [0.05, 0.1) is 11.7 Å². The Morgan fingerprint density at radius 3 is 2.28 bits per heavy atom. The highest BCUT2D eigenvalue weighted by molar-refractivity contribution is 5.90. The summed E-state index contributed by atoms with van der Waals surface area (Å²) < 4.78 is 5.11. The van der Waals surface area contributed by atoms with E-state index in [1.807, 2.05) is 26.0 Å². The quantitative estimate of drug-likeness (QED) is 0.776. The molecule has 2 rings (SSSR count). The Hall–Kier alpha value is -2.23. The standard InChI is InChI=1S/C14H14N2O2/c1-10(2)18-14(17)12-6-4-11(5-7-12)13-15-8-3-9-16-13/h3-10H,1-2H3. The summed E-state index contributed by atoms with van der Waals surface area (Å²) in [5.41, 5.74) is 1.40. The molecule has 1 aromatic heterocycles. The molecule has 1 heterocycles. The molecule has 0 saturated carbocycles. The minimum Gasteiger partial charge on any atom is -0.459 e. The Morgan fingerprint density at radius 2 is 1.72 bits per heavy atom. The third kappa shape index (κ3) is 2.91. The van der Waals surface area contributed by atoms with E-state index in [1.54, 1.807) is 30.6 Å². The fourth-order valence-electron chi connectivity index (χ4n) is 1.49. The Bertz CT molecular complexity index is 521. The van der Waals surface area contributed by atoms with Gasteiger partial charge in [0.25, 0.3) is 0 Å². The number of hydrogen-bond acceptors (Lipinski definition) is 4.